The molecule has 31 heavy (non-hydrogen) atoms. The van der Waals surface area contributed by atoms with Gasteiger partial charge in [0, 0.05) is 17.1 Å². The van der Waals surface area contributed by atoms with Gasteiger partial charge in [0.2, 0.25) is 5.95 Å². The van der Waals surface area contributed by atoms with E-state index in [9.17, 15) is 9.59 Å². The number of aromatic amines is 1. The molecular weight excluding hydrogens is 439 g/mol. The lowest BCUT2D eigenvalue weighted by Crippen LogP contribution is -2.29. The number of nitrogens with one attached hydrogen (secondary N) is 2. The molecule has 0 bridgehead atoms. The van der Waals surface area contributed by atoms with E-state index in [2.05, 4.69) is 20.5 Å². The summed E-state index contributed by atoms with van der Waals surface area (Å²) < 4.78 is 2.96. The van der Waals surface area contributed by atoms with Crippen molar-refractivity contribution in [2.24, 2.45) is 12.1 Å². The minimum Gasteiger partial charge on any atom is -0.298 e. The normalized spacial score (nSPS) is 11.8. The molecule has 2 heterocycles. The van der Waals surface area contributed by atoms with E-state index in [-0.39, 0.29) is 11.2 Å². The van der Waals surface area contributed by atoms with Gasteiger partial charge in [-0.25, -0.2) is 10.2 Å². The van der Waals surface area contributed by atoms with Crippen molar-refractivity contribution in [3.63, 3.8) is 0 Å². The summed E-state index contributed by atoms with van der Waals surface area (Å²) in [5.41, 5.74) is 4.87. The van der Waals surface area contributed by atoms with Gasteiger partial charge in [-0.1, -0.05) is 47.5 Å². The summed E-state index contributed by atoms with van der Waals surface area (Å²) in [5, 5.41) is 5.65. The molecule has 0 aliphatic carbocycles. The molecule has 2 aromatic carbocycles. The first kappa shape index (κ1) is 20.9. The van der Waals surface area contributed by atoms with Gasteiger partial charge in [-0.2, -0.15) is 10.1 Å². The number of aryl methyl sites for hydroxylation is 1. The lowest BCUT2D eigenvalue weighted by molar-refractivity contribution is 0.808. The smallest absolute Gasteiger partial charge is 0.298 e. The highest BCUT2D eigenvalue weighted by Gasteiger charge is 2.17. The van der Waals surface area contributed by atoms with Crippen molar-refractivity contribution < 1.29 is 0 Å². The van der Waals surface area contributed by atoms with Crippen molar-refractivity contribution in [3.8, 4) is 0 Å². The number of hydrogen-bond donors (Lipinski definition) is 2. The van der Waals surface area contributed by atoms with E-state index >= 15 is 0 Å². The third-order valence-electron chi connectivity index (χ3n) is 4.85. The topological polar surface area (TPSA) is 97.1 Å². The Morgan fingerprint density at radius 3 is 2.32 bits per heavy atom. The van der Waals surface area contributed by atoms with Gasteiger partial charge in [-0.15, -0.1) is 0 Å². The van der Waals surface area contributed by atoms with Crippen molar-refractivity contribution in [2.75, 3.05) is 5.43 Å². The first-order chi connectivity index (χ1) is 14.8. The Balaban J connectivity index is 1.80. The zero-order chi connectivity index (χ0) is 22.1. The standard InChI is InChI=1S/C21H18Cl2N6O2/c1-12(14-5-9-16(23)10-6-14)26-27-20-24-18-17(19(30)25-21(31)28(18)2)29(20)11-13-3-7-15(22)8-4-13/h3-10H,11H2,1-2H3,(H,24,27)(H,25,30,31)/b26-12+. The average Bonchev–Trinajstić information content (AvgIpc) is 3.11. The molecule has 0 fully saturated rings. The minimum absolute atomic E-state index is 0.254. The van der Waals surface area contributed by atoms with Crippen LogP contribution >= 0.6 is 23.2 Å². The number of halogens is 2. The fraction of sp³-hybridized carbons (Fsp3) is 0.143. The summed E-state index contributed by atoms with van der Waals surface area (Å²) in [6.07, 6.45) is 0. The van der Waals surface area contributed by atoms with Crippen LogP contribution in [-0.4, -0.2) is 24.8 Å². The molecule has 0 aliphatic rings. The van der Waals surface area contributed by atoms with Crippen molar-refractivity contribution in [1.82, 2.24) is 19.1 Å². The average molecular weight is 457 g/mol. The van der Waals surface area contributed by atoms with Crippen LogP contribution in [-0.2, 0) is 13.6 Å². The Bertz CT molecular complexity index is 1400. The van der Waals surface area contributed by atoms with Crippen LogP contribution in [0.2, 0.25) is 10.0 Å². The lowest BCUT2D eigenvalue weighted by Gasteiger charge is -2.09. The number of benzene rings is 2. The quantitative estimate of drug-likeness (QED) is 0.354. The molecule has 0 unspecified atom stereocenters. The van der Waals surface area contributed by atoms with Gasteiger partial charge >= 0.3 is 5.69 Å². The second-order valence-corrected chi connectivity index (χ2v) is 7.83. The van der Waals surface area contributed by atoms with E-state index in [1.165, 1.54) is 4.57 Å². The summed E-state index contributed by atoms with van der Waals surface area (Å²) >= 11 is 11.9. The number of H-pyrrole nitrogens is 1. The van der Waals surface area contributed by atoms with E-state index in [0.717, 1.165) is 11.1 Å². The minimum atomic E-state index is -0.541. The predicted octanol–water partition coefficient (Wildman–Crippen LogP) is 3.61. The maximum absolute atomic E-state index is 12.6. The summed E-state index contributed by atoms with van der Waals surface area (Å²) in [5.74, 6) is 0.324. The van der Waals surface area contributed by atoms with Gasteiger partial charge in [0.05, 0.1) is 12.3 Å². The van der Waals surface area contributed by atoms with Gasteiger partial charge in [0.25, 0.3) is 5.56 Å². The van der Waals surface area contributed by atoms with Gasteiger partial charge in [-0.05, 0) is 42.3 Å². The zero-order valence-corrected chi connectivity index (χ0v) is 18.2. The molecule has 0 spiro atoms. The second kappa shape index (κ2) is 8.41. The molecule has 0 saturated heterocycles. The van der Waals surface area contributed by atoms with E-state index in [1.807, 2.05) is 31.2 Å². The van der Waals surface area contributed by atoms with E-state index in [4.69, 9.17) is 23.2 Å². The Labute approximate surface area is 186 Å². The van der Waals surface area contributed by atoms with Crippen LogP contribution in [0.5, 0.6) is 0 Å². The molecule has 0 radical (unpaired) electrons. The third-order valence-corrected chi connectivity index (χ3v) is 5.35. The number of rotatable bonds is 5. The second-order valence-electron chi connectivity index (χ2n) is 6.95. The van der Waals surface area contributed by atoms with Crippen LogP contribution in [0.1, 0.15) is 18.1 Å². The Morgan fingerprint density at radius 1 is 1.06 bits per heavy atom. The number of anilines is 1. The Kier molecular flexibility index (Phi) is 5.67. The molecule has 0 aliphatic heterocycles. The lowest BCUT2D eigenvalue weighted by atomic mass is 10.1. The van der Waals surface area contributed by atoms with Crippen LogP contribution in [0.4, 0.5) is 5.95 Å². The highest BCUT2D eigenvalue weighted by molar-refractivity contribution is 6.30. The largest absolute Gasteiger partial charge is 0.329 e. The van der Waals surface area contributed by atoms with Crippen LogP contribution < -0.4 is 16.7 Å². The van der Waals surface area contributed by atoms with Gasteiger partial charge < -0.3 is 0 Å². The summed E-state index contributed by atoms with van der Waals surface area (Å²) in [4.78, 5) is 31.4. The Hall–Kier alpha value is -3.36. The number of fused-ring (bicyclic) bond motifs is 1. The van der Waals surface area contributed by atoms with Crippen LogP contribution in [0.25, 0.3) is 11.2 Å². The van der Waals surface area contributed by atoms with E-state index in [0.29, 0.717) is 28.3 Å². The number of hydrazone groups is 1. The molecule has 0 atom stereocenters. The Morgan fingerprint density at radius 2 is 1.68 bits per heavy atom. The summed E-state index contributed by atoms with van der Waals surface area (Å²) in [6.45, 7) is 2.16. The van der Waals surface area contributed by atoms with Crippen molar-refractivity contribution in [2.45, 2.75) is 13.5 Å². The van der Waals surface area contributed by atoms with Crippen LogP contribution in [0, 0.1) is 0 Å². The first-order valence-corrected chi connectivity index (χ1v) is 10.1. The SMILES string of the molecule is C/C(=N\Nc1nc2c(c(=O)[nH]c(=O)n2C)n1Cc1ccc(Cl)cc1)c1ccc(Cl)cc1. The van der Waals surface area contributed by atoms with Gasteiger partial charge in [0.15, 0.2) is 11.2 Å². The van der Waals surface area contributed by atoms with Crippen molar-refractivity contribution in [3.05, 3.63) is 90.5 Å². The number of aromatic nitrogens is 4. The van der Waals surface area contributed by atoms with Crippen molar-refractivity contribution >= 4 is 46.0 Å². The van der Waals surface area contributed by atoms with Crippen LogP contribution in [0.15, 0.2) is 63.2 Å². The maximum atomic E-state index is 12.6. The van der Waals surface area contributed by atoms with Gasteiger partial charge in [-0.3, -0.25) is 18.9 Å². The zero-order valence-electron chi connectivity index (χ0n) is 16.7. The number of hydrogen-bond acceptors (Lipinski definition) is 5. The van der Waals surface area contributed by atoms with Crippen molar-refractivity contribution in [1.29, 1.82) is 0 Å². The molecule has 8 nitrogen and oxygen atoms in total. The molecule has 4 aromatic rings. The first-order valence-electron chi connectivity index (χ1n) is 9.33. The number of imidazole rings is 1. The highest BCUT2D eigenvalue weighted by atomic mass is 35.5. The monoisotopic (exact) mass is 456 g/mol. The number of nitrogens with zero attached hydrogens (tertiary/aromatic N) is 4. The molecule has 0 saturated carbocycles. The third kappa shape index (κ3) is 4.26. The molecule has 2 N–H and O–H groups in total. The highest BCUT2D eigenvalue weighted by Crippen LogP contribution is 2.19. The molecule has 2 aromatic heterocycles. The summed E-state index contributed by atoms with van der Waals surface area (Å²) in [7, 11) is 1.55. The van der Waals surface area contributed by atoms with Crippen LogP contribution in [0.3, 0.4) is 0 Å². The maximum Gasteiger partial charge on any atom is 0.329 e. The molecule has 10 heteroatoms. The fourth-order valence-corrected chi connectivity index (χ4v) is 3.39. The molecule has 4 rings (SSSR count). The molecular formula is C21H18Cl2N6O2. The van der Waals surface area contributed by atoms with E-state index < -0.39 is 11.2 Å². The molecule has 158 valence electrons. The fourth-order valence-electron chi connectivity index (χ4n) is 3.14. The van der Waals surface area contributed by atoms with Gasteiger partial charge in [0.1, 0.15) is 0 Å². The predicted molar refractivity (Wildman–Crippen MR) is 123 cm³/mol. The van der Waals surface area contributed by atoms with E-state index in [1.54, 1.807) is 35.9 Å². The summed E-state index contributed by atoms with van der Waals surface area (Å²) in [6, 6.07) is 14.5. The molecule has 0 amide bonds.